The number of halogens is 1. The second-order valence-electron chi connectivity index (χ2n) is 6.01. The van der Waals surface area contributed by atoms with E-state index in [0.29, 0.717) is 28.5 Å². The van der Waals surface area contributed by atoms with Crippen LogP contribution in [0, 0.1) is 5.92 Å². The highest BCUT2D eigenvalue weighted by atomic mass is 35.5. The van der Waals surface area contributed by atoms with Gasteiger partial charge in [0.15, 0.2) is 0 Å². The van der Waals surface area contributed by atoms with E-state index >= 15 is 0 Å². The second kappa shape index (κ2) is 7.12. The van der Waals surface area contributed by atoms with E-state index in [0.717, 1.165) is 32.4 Å². The van der Waals surface area contributed by atoms with E-state index in [1.54, 1.807) is 12.1 Å². The average molecular weight is 310 g/mol. The third-order valence-electron chi connectivity index (χ3n) is 3.59. The molecule has 1 aromatic rings. The summed E-state index contributed by atoms with van der Waals surface area (Å²) in [5.41, 5.74) is 0.626. The van der Waals surface area contributed by atoms with E-state index in [2.05, 4.69) is 24.1 Å². The van der Waals surface area contributed by atoms with Crippen LogP contribution in [0.1, 0.15) is 50.4 Å². The van der Waals surface area contributed by atoms with Gasteiger partial charge in [-0.25, -0.2) is 4.98 Å². The summed E-state index contributed by atoms with van der Waals surface area (Å²) in [6, 6.07) is 3.86. The lowest BCUT2D eigenvalue weighted by molar-refractivity contribution is 0.0735. The normalized spacial score (nSPS) is 14.3. The third kappa shape index (κ3) is 4.60. The summed E-state index contributed by atoms with van der Waals surface area (Å²) < 4.78 is 0. The van der Waals surface area contributed by atoms with Gasteiger partial charge < -0.3 is 10.2 Å². The molecule has 116 valence electrons. The number of aromatic nitrogens is 1. The Labute approximate surface area is 131 Å². The predicted octanol–water partition coefficient (Wildman–Crippen LogP) is 3.82. The van der Waals surface area contributed by atoms with E-state index in [1.807, 2.05) is 11.8 Å². The van der Waals surface area contributed by atoms with Gasteiger partial charge in [0.1, 0.15) is 11.0 Å². The number of rotatable bonds is 7. The zero-order chi connectivity index (χ0) is 15.4. The van der Waals surface area contributed by atoms with Crippen LogP contribution in [-0.2, 0) is 0 Å². The number of carbonyl (C=O) groups excluding carboxylic acids is 1. The van der Waals surface area contributed by atoms with E-state index in [9.17, 15) is 4.79 Å². The summed E-state index contributed by atoms with van der Waals surface area (Å²) in [5.74, 6) is 1.33. The van der Waals surface area contributed by atoms with Crippen molar-refractivity contribution in [2.24, 2.45) is 5.92 Å². The van der Waals surface area contributed by atoms with Crippen LogP contribution in [0.4, 0.5) is 5.82 Å². The van der Waals surface area contributed by atoms with E-state index < -0.39 is 0 Å². The second-order valence-corrected chi connectivity index (χ2v) is 6.39. The van der Waals surface area contributed by atoms with Crippen LogP contribution in [0.25, 0.3) is 0 Å². The maximum atomic E-state index is 12.8. The Bertz CT molecular complexity index is 500. The molecule has 21 heavy (non-hydrogen) atoms. The van der Waals surface area contributed by atoms with Crippen molar-refractivity contribution in [3.8, 4) is 0 Å². The summed E-state index contributed by atoms with van der Waals surface area (Å²) in [6.07, 6.45) is 3.26. The molecule has 0 aliphatic heterocycles. The number of hydrogen-bond donors (Lipinski definition) is 1. The van der Waals surface area contributed by atoms with Gasteiger partial charge in [-0.05, 0) is 44.2 Å². The Morgan fingerprint density at radius 2 is 2.19 bits per heavy atom. The monoisotopic (exact) mass is 309 g/mol. The first kappa shape index (κ1) is 16.1. The molecule has 1 N–H and O–H groups in total. The predicted molar refractivity (Wildman–Crippen MR) is 86.9 cm³/mol. The molecule has 1 heterocycles. The van der Waals surface area contributed by atoms with Gasteiger partial charge in [0.2, 0.25) is 0 Å². The van der Waals surface area contributed by atoms with Crippen LogP contribution in [-0.4, -0.2) is 34.9 Å². The fraction of sp³-hybridized carbons (Fsp3) is 0.625. The lowest BCUT2D eigenvalue weighted by Gasteiger charge is -2.23. The average Bonchev–Trinajstić information content (AvgIpc) is 3.22. The first-order valence-corrected chi connectivity index (χ1v) is 8.11. The van der Waals surface area contributed by atoms with Crippen LogP contribution in [0.2, 0.25) is 5.15 Å². The minimum absolute atomic E-state index is 0.0709. The smallest absolute Gasteiger partial charge is 0.254 e. The molecule has 0 aromatic carbocycles. The lowest BCUT2D eigenvalue weighted by Crippen LogP contribution is -2.34. The number of amides is 1. The first-order valence-electron chi connectivity index (χ1n) is 7.73. The number of nitrogens with zero attached hydrogens (tertiary/aromatic N) is 2. The molecule has 0 unspecified atom stereocenters. The molecule has 0 atom stereocenters. The molecule has 5 heteroatoms. The van der Waals surface area contributed by atoms with Crippen LogP contribution in [0.3, 0.4) is 0 Å². The van der Waals surface area contributed by atoms with Crippen molar-refractivity contribution in [3.63, 3.8) is 0 Å². The molecule has 4 nitrogen and oxygen atoms in total. The maximum absolute atomic E-state index is 12.8. The standard InChI is InChI=1S/C16H24ClN3O/c1-4-18-15-10-12(9-14(17)19-15)16(21)20(13-5-6-13)8-7-11(2)3/h9-11,13H,4-8H2,1-3H3,(H,18,19). The van der Waals surface area contributed by atoms with E-state index in [1.165, 1.54) is 0 Å². The van der Waals surface area contributed by atoms with Gasteiger partial charge in [-0.15, -0.1) is 0 Å². The molecule has 1 aromatic heterocycles. The van der Waals surface area contributed by atoms with Crippen molar-refractivity contribution >= 4 is 23.3 Å². The van der Waals surface area contributed by atoms with Crippen molar-refractivity contribution in [1.29, 1.82) is 0 Å². The van der Waals surface area contributed by atoms with Crippen molar-refractivity contribution in [1.82, 2.24) is 9.88 Å². The fourth-order valence-corrected chi connectivity index (χ4v) is 2.50. The molecule has 1 aliphatic carbocycles. The van der Waals surface area contributed by atoms with Crippen molar-refractivity contribution in [2.45, 2.75) is 46.1 Å². The van der Waals surface area contributed by atoms with Crippen LogP contribution in [0.15, 0.2) is 12.1 Å². The summed E-state index contributed by atoms with van der Waals surface area (Å²) in [5, 5.41) is 3.47. The van der Waals surface area contributed by atoms with Crippen LogP contribution < -0.4 is 5.32 Å². The molecular weight excluding hydrogens is 286 g/mol. The quantitative estimate of drug-likeness (QED) is 0.779. The largest absolute Gasteiger partial charge is 0.370 e. The number of pyridine rings is 1. The third-order valence-corrected chi connectivity index (χ3v) is 3.79. The van der Waals surface area contributed by atoms with E-state index in [4.69, 9.17) is 11.6 Å². The number of carbonyl (C=O) groups is 1. The fourth-order valence-electron chi connectivity index (χ4n) is 2.29. The molecule has 1 aliphatic rings. The zero-order valence-corrected chi connectivity index (χ0v) is 13.8. The highest BCUT2D eigenvalue weighted by Crippen LogP contribution is 2.29. The Morgan fingerprint density at radius 3 is 2.76 bits per heavy atom. The Balaban J connectivity index is 2.15. The Kier molecular flexibility index (Phi) is 5.45. The minimum atomic E-state index is 0.0709. The summed E-state index contributed by atoms with van der Waals surface area (Å²) in [7, 11) is 0. The van der Waals surface area contributed by atoms with Crippen molar-refractivity contribution in [3.05, 3.63) is 22.8 Å². The Hall–Kier alpha value is -1.29. The SMILES string of the molecule is CCNc1cc(C(=O)N(CCC(C)C)C2CC2)cc(Cl)n1. The van der Waals surface area contributed by atoms with Crippen molar-refractivity contribution in [2.75, 3.05) is 18.4 Å². The highest BCUT2D eigenvalue weighted by Gasteiger charge is 2.33. The van der Waals surface area contributed by atoms with Gasteiger partial charge in [-0.1, -0.05) is 25.4 Å². The molecule has 1 saturated carbocycles. The molecule has 0 radical (unpaired) electrons. The van der Waals surface area contributed by atoms with Gasteiger partial charge in [0.25, 0.3) is 5.91 Å². The van der Waals surface area contributed by atoms with Gasteiger partial charge >= 0.3 is 0 Å². The highest BCUT2D eigenvalue weighted by molar-refractivity contribution is 6.29. The van der Waals surface area contributed by atoms with Gasteiger partial charge in [-0.2, -0.15) is 0 Å². The molecule has 0 saturated heterocycles. The number of nitrogens with one attached hydrogen (secondary N) is 1. The molecule has 2 rings (SSSR count). The molecule has 1 fully saturated rings. The number of anilines is 1. The van der Waals surface area contributed by atoms with E-state index in [-0.39, 0.29) is 5.91 Å². The maximum Gasteiger partial charge on any atom is 0.254 e. The Morgan fingerprint density at radius 1 is 1.48 bits per heavy atom. The molecule has 0 bridgehead atoms. The van der Waals surface area contributed by atoms with Gasteiger partial charge in [0.05, 0.1) is 0 Å². The lowest BCUT2D eigenvalue weighted by atomic mass is 10.1. The summed E-state index contributed by atoms with van der Waals surface area (Å²) in [6.45, 7) is 7.92. The van der Waals surface area contributed by atoms with Gasteiger partial charge in [0, 0.05) is 24.7 Å². The molecule has 0 spiro atoms. The molecule has 1 amide bonds. The minimum Gasteiger partial charge on any atom is -0.370 e. The number of hydrogen-bond acceptors (Lipinski definition) is 3. The van der Waals surface area contributed by atoms with Crippen LogP contribution >= 0.6 is 11.6 Å². The van der Waals surface area contributed by atoms with Crippen molar-refractivity contribution < 1.29 is 4.79 Å². The molecular formula is C16H24ClN3O. The first-order chi connectivity index (χ1) is 10.0. The van der Waals surface area contributed by atoms with Gasteiger partial charge in [-0.3, -0.25) is 4.79 Å². The summed E-state index contributed by atoms with van der Waals surface area (Å²) >= 11 is 6.04. The zero-order valence-electron chi connectivity index (χ0n) is 13.0. The topological polar surface area (TPSA) is 45.2 Å². The summed E-state index contributed by atoms with van der Waals surface area (Å²) in [4.78, 5) is 18.9. The van der Waals surface area contributed by atoms with Crippen LogP contribution in [0.5, 0.6) is 0 Å².